The number of rotatable bonds is 6. The topological polar surface area (TPSA) is 37.4 Å². The van der Waals surface area contributed by atoms with Crippen LogP contribution in [0, 0.1) is 5.92 Å². The number of aromatic nitrogens is 1. The number of piperidine rings is 1. The van der Waals surface area contributed by atoms with Gasteiger partial charge in [-0.2, -0.15) is 0 Å². The quantitative estimate of drug-likeness (QED) is 0.867. The van der Waals surface area contributed by atoms with Crippen LogP contribution < -0.4 is 5.32 Å². The number of nitrogens with one attached hydrogen (secondary N) is 1. The van der Waals surface area contributed by atoms with Gasteiger partial charge in [-0.15, -0.1) is 11.3 Å². The number of likely N-dealkylation sites (tertiary alicyclic amines) is 1. The van der Waals surface area contributed by atoms with Crippen LogP contribution in [0.15, 0.2) is 5.38 Å². The summed E-state index contributed by atoms with van der Waals surface area (Å²) in [5.41, 5.74) is 1.20. The van der Waals surface area contributed by atoms with Crippen LogP contribution in [0.3, 0.4) is 0 Å². The zero-order valence-corrected chi connectivity index (χ0v) is 13.0. The first kappa shape index (κ1) is 14.9. The molecule has 4 nitrogen and oxygen atoms in total. The number of ether oxygens (including phenoxy) is 1. The van der Waals surface area contributed by atoms with E-state index in [4.69, 9.17) is 4.74 Å². The largest absolute Gasteiger partial charge is 0.380 e. The Labute approximate surface area is 120 Å². The molecule has 1 aliphatic rings. The number of nitrogens with zero attached hydrogens (tertiary/aromatic N) is 2. The third kappa shape index (κ3) is 4.24. The summed E-state index contributed by atoms with van der Waals surface area (Å²) in [6.45, 7) is 9.42. The second-order valence-corrected chi connectivity index (χ2v) is 6.23. The SMILES string of the molecule is CCNCc1nc(CN2CCC(C)C(OC)C2)cs1. The third-order valence-corrected chi connectivity index (χ3v) is 4.69. The van der Waals surface area contributed by atoms with Gasteiger partial charge in [0.2, 0.25) is 0 Å². The Morgan fingerprint density at radius 3 is 3.16 bits per heavy atom. The smallest absolute Gasteiger partial charge is 0.107 e. The van der Waals surface area contributed by atoms with Gasteiger partial charge in [-0.05, 0) is 25.4 Å². The molecule has 0 bridgehead atoms. The van der Waals surface area contributed by atoms with Gasteiger partial charge in [-0.3, -0.25) is 4.90 Å². The predicted molar refractivity (Wildman–Crippen MR) is 79.3 cm³/mol. The molecule has 2 unspecified atom stereocenters. The normalized spacial score (nSPS) is 24.8. The van der Waals surface area contributed by atoms with Crippen LogP contribution in [0.1, 0.15) is 31.0 Å². The van der Waals surface area contributed by atoms with Crippen LogP contribution >= 0.6 is 11.3 Å². The van der Waals surface area contributed by atoms with Crippen LogP contribution in [0.4, 0.5) is 0 Å². The van der Waals surface area contributed by atoms with E-state index in [0.29, 0.717) is 12.0 Å². The van der Waals surface area contributed by atoms with Crippen molar-refractivity contribution < 1.29 is 4.74 Å². The van der Waals surface area contributed by atoms with Gasteiger partial charge in [0.15, 0.2) is 0 Å². The molecule has 0 saturated carbocycles. The summed E-state index contributed by atoms with van der Waals surface area (Å²) in [5, 5.41) is 6.69. The minimum Gasteiger partial charge on any atom is -0.380 e. The first-order chi connectivity index (χ1) is 9.22. The van der Waals surface area contributed by atoms with E-state index >= 15 is 0 Å². The molecule has 0 aromatic carbocycles. The van der Waals surface area contributed by atoms with E-state index in [1.807, 2.05) is 7.11 Å². The zero-order valence-electron chi connectivity index (χ0n) is 12.2. The lowest BCUT2D eigenvalue weighted by Gasteiger charge is -2.35. The summed E-state index contributed by atoms with van der Waals surface area (Å²) in [6.07, 6.45) is 1.58. The molecule has 1 aliphatic heterocycles. The number of hydrogen-bond donors (Lipinski definition) is 1. The van der Waals surface area contributed by atoms with Gasteiger partial charge < -0.3 is 10.1 Å². The summed E-state index contributed by atoms with van der Waals surface area (Å²) in [7, 11) is 1.82. The Balaban J connectivity index is 1.85. The van der Waals surface area contributed by atoms with Crippen molar-refractivity contribution in [1.82, 2.24) is 15.2 Å². The van der Waals surface area contributed by atoms with Crippen LogP contribution in [0.5, 0.6) is 0 Å². The molecule has 0 aliphatic carbocycles. The second-order valence-electron chi connectivity index (χ2n) is 5.29. The highest BCUT2D eigenvalue weighted by Crippen LogP contribution is 2.21. The molecule has 1 saturated heterocycles. The predicted octanol–water partition coefficient (Wildman–Crippen LogP) is 2.11. The van der Waals surface area contributed by atoms with Crippen molar-refractivity contribution in [2.75, 3.05) is 26.7 Å². The fourth-order valence-corrected chi connectivity index (χ4v) is 3.27. The number of hydrogen-bond acceptors (Lipinski definition) is 5. The fourth-order valence-electron chi connectivity index (χ4n) is 2.51. The summed E-state index contributed by atoms with van der Waals surface area (Å²) < 4.78 is 5.56. The lowest BCUT2D eigenvalue weighted by Crippen LogP contribution is -2.43. The molecule has 2 heterocycles. The molecule has 0 radical (unpaired) electrons. The Morgan fingerprint density at radius 2 is 2.42 bits per heavy atom. The van der Waals surface area contributed by atoms with Crippen molar-refractivity contribution in [2.24, 2.45) is 5.92 Å². The Hall–Kier alpha value is -0.490. The summed E-state index contributed by atoms with van der Waals surface area (Å²) in [5.74, 6) is 0.668. The van der Waals surface area contributed by atoms with Crippen LogP contribution in [0.25, 0.3) is 0 Å². The summed E-state index contributed by atoms with van der Waals surface area (Å²) in [4.78, 5) is 7.14. The highest BCUT2D eigenvalue weighted by molar-refractivity contribution is 7.09. The number of thiazole rings is 1. The molecule has 0 spiro atoms. The maximum absolute atomic E-state index is 5.56. The van der Waals surface area contributed by atoms with Crippen LogP contribution in [-0.2, 0) is 17.8 Å². The van der Waals surface area contributed by atoms with E-state index < -0.39 is 0 Å². The van der Waals surface area contributed by atoms with E-state index in [0.717, 1.165) is 32.7 Å². The second kappa shape index (κ2) is 7.33. The van der Waals surface area contributed by atoms with Gasteiger partial charge in [-0.25, -0.2) is 4.98 Å². The van der Waals surface area contributed by atoms with Crippen molar-refractivity contribution in [2.45, 2.75) is 39.5 Å². The molecule has 19 heavy (non-hydrogen) atoms. The van der Waals surface area contributed by atoms with Gasteiger partial charge in [0.05, 0.1) is 11.8 Å². The Kier molecular flexibility index (Phi) is 5.76. The molecule has 5 heteroatoms. The zero-order chi connectivity index (χ0) is 13.7. The first-order valence-electron chi connectivity index (χ1n) is 7.12. The van der Waals surface area contributed by atoms with E-state index in [2.05, 4.69) is 34.4 Å². The summed E-state index contributed by atoms with van der Waals surface area (Å²) in [6, 6.07) is 0. The number of methoxy groups -OCH3 is 1. The highest BCUT2D eigenvalue weighted by atomic mass is 32.1. The molecule has 108 valence electrons. The van der Waals surface area contributed by atoms with E-state index in [1.54, 1.807) is 11.3 Å². The maximum atomic E-state index is 5.56. The molecule has 2 rings (SSSR count). The van der Waals surface area contributed by atoms with Crippen LogP contribution in [0.2, 0.25) is 0 Å². The standard InChI is InChI=1S/C14H25N3OS/c1-4-15-7-14-16-12(10-19-14)8-17-6-5-11(2)13(9-17)18-3/h10-11,13,15H,4-9H2,1-3H3. The van der Waals surface area contributed by atoms with Gasteiger partial charge >= 0.3 is 0 Å². The Bertz CT molecular complexity index is 383. The molecule has 1 N–H and O–H groups in total. The van der Waals surface area contributed by atoms with E-state index in [-0.39, 0.29) is 0 Å². The van der Waals surface area contributed by atoms with Crippen molar-refractivity contribution in [3.63, 3.8) is 0 Å². The van der Waals surface area contributed by atoms with Gasteiger partial charge in [0, 0.05) is 32.1 Å². The fraction of sp³-hybridized carbons (Fsp3) is 0.786. The first-order valence-corrected chi connectivity index (χ1v) is 8.00. The van der Waals surface area contributed by atoms with E-state index in [9.17, 15) is 0 Å². The minimum atomic E-state index is 0.369. The Morgan fingerprint density at radius 1 is 1.58 bits per heavy atom. The van der Waals surface area contributed by atoms with Gasteiger partial charge in [-0.1, -0.05) is 13.8 Å². The average molecular weight is 283 g/mol. The van der Waals surface area contributed by atoms with Crippen molar-refractivity contribution >= 4 is 11.3 Å². The lowest BCUT2D eigenvalue weighted by molar-refractivity contribution is -0.00774. The molecule has 1 fully saturated rings. The van der Waals surface area contributed by atoms with Crippen LogP contribution in [-0.4, -0.2) is 42.7 Å². The van der Waals surface area contributed by atoms with E-state index in [1.165, 1.54) is 17.1 Å². The monoisotopic (exact) mass is 283 g/mol. The van der Waals surface area contributed by atoms with Crippen molar-refractivity contribution in [1.29, 1.82) is 0 Å². The molecule has 1 aromatic rings. The molecule has 1 aromatic heterocycles. The molecule has 2 atom stereocenters. The highest BCUT2D eigenvalue weighted by Gasteiger charge is 2.26. The van der Waals surface area contributed by atoms with Crippen molar-refractivity contribution in [3.05, 3.63) is 16.1 Å². The lowest BCUT2D eigenvalue weighted by atomic mass is 9.96. The summed E-state index contributed by atoms with van der Waals surface area (Å²) >= 11 is 1.75. The minimum absolute atomic E-state index is 0.369. The maximum Gasteiger partial charge on any atom is 0.107 e. The third-order valence-electron chi connectivity index (χ3n) is 3.79. The molecular formula is C14H25N3OS. The molecular weight excluding hydrogens is 258 g/mol. The molecule has 0 amide bonds. The van der Waals surface area contributed by atoms with Crippen molar-refractivity contribution in [3.8, 4) is 0 Å². The van der Waals surface area contributed by atoms with Gasteiger partial charge in [0.1, 0.15) is 5.01 Å². The van der Waals surface area contributed by atoms with Gasteiger partial charge in [0.25, 0.3) is 0 Å². The average Bonchev–Trinajstić information content (AvgIpc) is 2.86.